The van der Waals surface area contributed by atoms with Gasteiger partial charge in [-0.3, -0.25) is 4.55 Å². The third-order valence-corrected chi connectivity index (χ3v) is 16.5. The van der Waals surface area contributed by atoms with Gasteiger partial charge in [-0.1, -0.05) is 39.8 Å². The molecule has 6 aliphatic rings. The fourth-order valence-electron chi connectivity index (χ4n) is 11.7. The van der Waals surface area contributed by atoms with Crippen molar-refractivity contribution in [2.75, 3.05) is 0 Å². The van der Waals surface area contributed by atoms with Gasteiger partial charge in [0.2, 0.25) is 0 Å². The Hall–Kier alpha value is -1.90. The second kappa shape index (κ2) is 10.8. The summed E-state index contributed by atoms with van der Waals surface area (Å²) >= 11 is 0. The van der Waals surface area contributed by atoms with Crippen molar-refractivity contribution in [3.8, 4) is 5.75 Å². The van der Waals surface area contributed by atoms with Crippen LogP contribution in [0.15, 0.2) is 34.1 Å². The zero-order chi connectivity index (χ0) is 33.1. The molecule has 2 aromatic rings. The molecule has 0 unspecified atom stereocenters. The Morgan fingerprint density at radius 2 is 1.00 bits per heavy atom. The summed E-state index contributed by atoms with van der Waals surface area (Å²) in [5.74, 6) is 1.70. The average molecular weight is 681 g/mol. The van der Waals surface area contributed by atoms with Gasteiger partial charge in [0.15, 0.2) is 0 Å². The molecule has 0 saturated heterocycles. The molecular formula is C39H52O6S2. The molecule has 0 aromatic heterocycles. The summed E-state index contributed by atoms with van der Waals surface area (Å²) in [6, 6.07) is 7.78. The minimum absolute atomic E-state index is 0.125. The maximum Gasteiger partial charge on any atom is 0.339 e. The Kier molecular flexibility index (Phi) is 7.42. The molecule has 8 heteroatoms. The Morgan fingerprint density at radius 3 is 1.32 bits per heavy atom. The lowest BCUT2D eigenvalue weighted by Gasteiger charge is -2.38. The fourth-order valence-corrected chi connectivity index (χ4v) is 14.5. The zero-order valence-electron chi connectivity index (χ0n) is 28.6. The van der Waals surface area contributed by atoms with Gasteiger partial charge in [0, 0.05) is 0 Å². The molecule has 256 valence electrons. The van der Waals surface area contributed by atoms with E-state index in [1.54, 1.807) is 0 Å². The van der Waals surface area contributed by atoms with Crippen molar-refractivity contribution in [2.45, 2.75) is 162 Å². The quantitative estimate of drug-likeness (QED) is 0.209. The topological polar surface area (TPSA) is 97.7 Å². The van der Waals surface area contributed by atoms with E-state index in [9.17, 15) is 13.0 Å². The summed E-state index contributed by atoms with van der Waals surface area (Å²) in [5, 5.41) is 0. The molecule has 6 saturated carbocycles. The number of benzene rings is 2. The van der Waals surface area contributed by atoms with Gasteiger partial charge in [0.25, 0.3) is 10.1 Å². The van der Waals surface area contributed by atoms with E-state index in [0.717, 1.165) is 81.3 Å². The van der Waals surface area contributed by atoms with Crippen LogP contribution >= 0.6 is 0 Å². The van der Waals surface area contributed by atoms with Crippen LogP contribution in [-0.4, -0.2) is 21.4 Å². The smallest absolute Gasteiger partial charge is 0.339 e. The van der Waals surface area contributed by atoms with Crippen molar-refractivity contribution in [3.63, 3.8) is 0 Å². The molecule has 0 aliphatic heterocycles. The molecular weight excluding hydrogens is 629 g/mol. The van der Waals surface area contributed by atoms with Crippen LogP contribution in [0.2, 0.25) is 0 Å². The monoisotopic (exact) mass is 680 g/mol. The van der Waals surface area contributed by atoms with Crippen molar-refractivity contribution in [2.24, 2.45) is 17.8 Å². The highest BCUT2D eigenvalue weighted by molar-refractivity contribution is 7.87. The van der Waals surface area contributed by atoms with Crippen LogP contribution < -0.4 is 4.18 Å². The Labute approximate surface area is 282 Å². The number of hydrogen-bond donors (Lipinski definition) is 1. The molecule has 1 N–H and O–H groups in total. The van der Waals surface area contributed by atoms with Crippen molar-refractivity contribution < 1.29 is 25.6 Å². The average Bonchev–Trinajstić information content (AvgIpc) is 3.88. The van der Waals surface area contributed by atoms with Crippen molar-refractivity contribution in [3.05, 3.63) is 52.1 Å². The van der Waals surface area contributed by atoms with Gasteiger partial charge < -0.3 is 4.18 Å². The minimum atomic E-state index is -4.54. The minimum Gasteiger partial charge on any atom is -0.379 e. The third kappa shape index (κ3) is 5.08. The van der Waals surface area contributed by atoms with E-state index >= 15 is 8.42 Å². The summed E-state index contributed by atoms with van der Waals surface area (Å²) in [6.45, 7) is 7.40. The van der Waals surface area contributed by atoms with E-state index < -0.39 is 20.2 Å². The van der Waals surface area contributed by atoms with Crippen molar-refractivity contribution in [1.29, 1.82) is 0 Å². The summed E-state index contributed by atoms with van der Waals surface area (Å²) in [4.78, 5) is 0.304. The maximum atomic E-state index is 15.1. The van der Waals surface area contributed by atoms with Gasteiger partial charge in [-0.25, -0.2) is 0 Å². The molecule has 0 radical (unpaired) electrons. The van der Waals surface area contributed by atoms with Crippen molar-refractivity contribution >= 4 is 20.2 Å². The van der Waals surface area contributed by atoms with Crippen LogP contribution in [0, 0.1) is 17.8 Å². The lowest BCUT2D eigenvalue weighted by atomic mass is 9.68. The van der Waals surface area contributed by atoms with Crippen LogP contribution in [0.3, 0.4) is 0 Å². The van der Waals surface area contributed by atoms with Crippen LogP contribution in [0.25, 0.3) is 0 Å². The highest BCUT2D eigenvalue weighted by atomic mass is 32.2. The van der Waals surface area contributed by atoms with Crippen LogP contribution in [0.1, 0.15) is 164 Å². The van der Waals surface area contributed by atoms with Gasteiger partial charge in [-0.15, -0.1) is 0 Å². The molecule has 0 spiro atoms. The van der Waals surface area contributed by atoms with Crippen LogP contribution in [0.4, 0.5) is 0 Å². The predicted octanol–water partition coefficient (Wildman–Crippen LogP) is 9.44. The largest absolute Gasteiger partial charge is 0.379 e. The Bertz CT molecular complexity index is 1730. The molecule has 0 atom stereocenters. The molecule has 47 heavy (non-hydrogen) atoms. The standard InChI is InChI=1S/C39H52O6S2/c1-24(2)31-19-30(20-32(25(3)4)35(31)46(40,41)42)45-47(43,44)36-33(38-13-7-27(22-38)8-14-38)17-29(37-11-5-26(21-37)6-12-37)18-34(36)39-15-9-28(23-39)10-16-39/h17-20,24-28H,5-16,21-23H2,1-4H3,(H,40,41,42). The van der Waals surface area contributed by atoms with Gasteiger partial charge in [-0.05, 0) is 182 Å². The van der Waals surface area contributed by atoms with Crippen LogP contribution in [0.5, 0.6) is 5.75 Å². The molecule has 0 amide bonds. The zero-order valence-corrected chi connectivity index (χ0v) is 30.2. The molecule has 6 bridgehead atoms. The van der Waals surface area contributed by atoms with E-state index in [1.165, 1.54) is 49.8 Å². The van der Waals surface area contributed by atoms with E-state index in [4.69, 9.17) is 4.18 Å². The van der Waals surface area contributed by atoms with Gasteiger partial charge in [0.1, 0.15) is 15.5 Å². The highest BCUT2D eigenvalue weighted by Gasteiger charge is 2.55. The van der Waals surface area contributed by atoms with E-state index in [-0.39, 0.29) is 38.7 Å². The first-order valence-electron chi connectivity index (χ1n) is 18.4. The normalized spacial score (nSPS) is 34.4. The number of fused-ring (bicyclic) bond motifs is 6. The maximum absolute atomic E-state index is 15.1. The Morgan fingerprint density at radius 1 is 0.617 bits per heavy atom. The number of rotatable bonds is 9. The second-order valence-electron chi connectivity index (χ2n) is 17.4. The van der Waals surface area contributed by atoms with Gasteiger partial charge in [0.05, 0.1) is 0 Å². The molecule has 8 rings (SSSR count). The number of hydrogen-bond acceptors (Lipinski definition) is 5. The SMILES string of the molecule is CC(C)c1cc(OS(=O)(=O)c2c(C34CCC(CC3)C4)cc(C34CCC(CC3)C4)cc2C23CCC(CC2)C3)cc(C(C)C)c1S(=O)(=O)O. The van der Waals surface area contributed by atoms with Gasteiger partial charge >= 0.3 is 10.1 Å². The molecule has 2 aromatic carbocycles. The summed E-state index contributed by atoms with van der Waals surface area (Å²) < 4.78 is 72.1. The van der Waals surface area contributed by atoms with Gasteiger partial charge in [-0.2, -0.15) is 16.8 Å². The summed E-state index contributed by atoms with van der Waals surface area (Å²) in [7, 11) is -8.85. The van der Waals surface area contributed by atoms with Crippen molar-refractivity contribution in [1.82, 2.24) is 0 Å². The summed E-state index contributed by atoms with van der Waals surface area (Å²) in [6.07, 6.45) is 17.1. The lowest BCUT2D eigenvalue weighted by molar-refractivity contribution is 0.380. The summed E-state index contributed by atoms with van der Waals surface area (Å²) in [5.41, 5.74) is 4.10. The Balaban J connectivity index is 1.35. The molecule has 6 fully saturated rings. The van der Waals surface area contributed by atoms with E-state index in [2.05, 4.69) is 12.1 Å². The molecule has 0 heterocycles. The third-order valence-electron chi connectivity index (χ3n) is 14.1. The van der Waals surface area contributed by atoms with Crippen LogP contribution in [-0.2, 0) is 36.5 Å². The first kappa shape index (κ1) is 32.3. The second-order valence-corrected chi connectivity index (χ2v) is 20.3. The molecule has 6 aliphatic carbocycles. The lowest BCUT2D eigenvalue weighted by Crippen LogP contribution is -2.32. The van der Waals surface area contributed by atoms with E-state index in [1.807, 2.05) is 27.7 Å². The first-order chi connectivity index (χ1) is 22.1. The highest BCUT2D eigenvalue weighted by Crippen LogP contribution is 2.63. The molecule has 6 nitrogen and oxygen atoms in total. The van der Waals surface area contributed by atoms with E-state index in [0.29, 0.717) is 27.9 Å². The fraction of sp³-hybridized carbons (Fsp3) is 0.692. The first-order valence-corrected chi connectivity index (χ1v) is 21.3. The predicted molar refractivity (Wildman–Crippen MR) is 183 cm³/mol.